The number of aryl methyl sites for hydroxylation is 1. The topological polar surface area (TPSA) is 104 Å². The number of hydrogen-bond donors (Lipinski definition) is 1. The summed E-state index contributed by atoms with van der Waals surface area (Å²) in [5.41, 5.74) is -0.525. The van der Waals surface area contributed by atoms with Crippen molar-refractivity contribution in [1.82, 2.24) is 23.7 Å². The van der Waals surface area contributed by atoms with Crippen molar-refractivity contribution in [3.05, 3.63) is 37.1 Å². The van der Waals surface area contributed by atoms with Gasteiger partial charge in [0.1, 0.15) is 6.54 Å². The van der Waals surface area contributed by atoms with E-state index in [2.05, 4.69) is 31.2 Å². The lowest BCUT2D eigenvalue weighted by Gasteiger charge is -2.06. The summed E-state index contributed by atoms with van der Waals surface area (Å²) in [5, 5.41) is 3.09. The molecule has 0 atom stereocenters. The van der Waals surface area contributed by atoms with Crippen molar-refractivity contribution >= 4 is 49.5 Å². The zero-order valence-corrected chi connectivity index (χ0v) is 14.5. The first kappa shape index (κ1) is 15.6. The average Bonchev–Trinajstić information content (AvgIpc) is 3.09. The molecule has 3 heterocycles. The van der Waals surface area contributed by atoms with Crippen molar-refractivity contribution in [2.75, 3.05) is 5.32 Å². The Balaban J connectivity index is 1.96. The normalized spacial score (nSPS) is 11.1. The summed E-state index contributed by atoms with van der Waals surface area (Å²) >= 11 is 4.54. The average molecular weight is 399 g/mol. The highest BCUT2D eigenvalue weighted by molar-refractivity contribution is 9.11. The lowest BCUT2D eigenvalue weighted by molar-refractivity contribution is -0.116. The Morgan fingerprint density at radius 2 is 2.04 bits per heavy atom. The van der Waals surface area contributed by atoms with Gasteiger partial charge in [-0.2, -0.15) is 0 Å². The van der Waals surface area contributed by atoms with Gasteiger partial charge in [-0.3, -0.25) is 18.7 Å². The van der Waals surface area contributed by atoms with Gasteiger partial charge >= 0.3 is 5.69 Å². The molecule has 0 aliphatic rings. The minimum atomic E-state index is -0.495. The molecule has 3 rings (SSSR count). The fourth-order valence-corrected chi connectivity index (χ4v) is 3.27. The standard InChI is InChI=1S/C12H11BrN6O3S/c1-17-9-8(10(21)18(2)12(17)22)19(5-15-9)4-7(20)16-11-14-3-6(13)23-11/h3,5H,4H2,1-2H3,(H,14,16,20). The SMILES string of the molecule is Cn1c(=O)c2c(ncn2CC(=O)Nc2ncc(Br)s2)n(C)c1=O. The lowest BCUT2D eigenvalue weighted by Crippen LogP contribution is -2.37. The summed E-state index contributed by atoms with van der Waals surface area (Å²) < 4.78 is 4.46. The van der Waals surface area contributed by atoms with E-state index in [4.69, 9.17) is 0 Å². The van der Waals surface area contributed by atoms with Crippen LogP contribution in [-0.4, -0.2) is 29.6 Å². The molecule has 0 aliphatic carbocycles. The number of halogens is 1. The van der Waals surface area contributed by atoms with Gasteiger partial charge in [0.25, 0.3) is 5.56 Å². The summed E-state index contributed by atoms with van der Waals surface area (Å²) in [5.74, 6) is -0.345. The van der Waals surface area contributed by atoms with Crippen molar-refractivity contribution in [1.29, 1.82) is 0 Å². The van der Waals surface area contributed by atoms with Crippen molar-refractivity contribution in [3.8, 4) is 0 Å². The van der Waals surface area contributed by atoms with Crippen molar-refractivity contribution < 1.29 is 4.79 Å². The summed E-state index contributed by atoms with van der Waals surface area (Å²) in [6, 6.07) is 0. The number of carbonyl (C=O) groups is 1. The van der Waals surface area contributed by atoms with E-state index in [0.717, 1.165) is 8.35 Å². The Hall–Kier alpha value is -2.27. The molecule has 0 fully saturated rings. The Labute approximate surface area is 141 Å². The minimum absolute atomic E-state index is 0.110. The highest BCUT2D eigenvalue weighted by atomic mass is 79.9. The Bertz CT molecular complexity index is 1030. The zero-order valence-electron chi connectivity index (χ0n) is 12.1. The lowest BCUT2D eigenvalue weighted by atomic mass is 10.4. The Kier molecular flexibility index (Phi) is 3.90. The van der Waals surface area contributed by atoms with Gasteiger partial charge in [0.15, 0.2) is 16.3 Å². The van der Waals surface area contributed by atoms with Crippen LogP contribution < -0.4 is 16.6 Å². The summed E-state index contributed by atoms with van der Waals surface area (Å²) in [4.78, 5) is 44.3. The molecular formula is C12H11BrN6O3S. The minimum Gasteiger partial charge on any atom is -0.315 e. The van der Waals surface area contributed by atoms with E-state index in [1.165, 1.54) is 40.9 Å². The van der Waals surface area contributed by atoms with Gasteiger partial charge < -0.3 is 9.88 Å². The van der Waals surface area contributed by atoms with Crippen LogP contribution in [0.5, 0.6) is 0 Å². The number of carbonyl (C=O) groups excluding carboxylic acids is 1. The van der Waals surface area contributed by atoms with Gasteiger partial charge in [-0.25, -0.2) is 14.8 Å². The third-order valence-corrected chi connectivity index (χ3v) is 4.65. The van der Waals surface area contributed by atoms with Crippen LogP contribution >= 0.6 is 27.3 Å². The number of rotatable bonds is 3. The van der Waals surface area contributed by atoms with E-state index in [0.29, 0.717) is 5.13 Å². The molecule has 0 saturated heterocycles. The van der Waals surface area contributed by atoms with Crippen LogP contribution in [0, 0.1) is 0 Å². The van der Waals surface area contributed by atoms with Crippen LogP contribution in [0.1, 0.15) is 0 Å². The van der Waals surface area contributed by atoms with E-state index in [9.17, 15) is 14.4 Å². The predicted molar refractivity (Wildman–Crippen MR) is 88.7 cm³/mol. The number of thiazole rings is 1. The van der Waals surface area contributed by atoms with Crippen molar-refractivity contribution in [2.24, 2.45) is 14.1 Å². The van der Waals surface area contributed by atoms with E-state index >= 15 is 0 Å². The van der Waals surface area contributed by atoms with Gasteiger partial charge in [0, 0.05) is 14.1 Å². The van der Waals surface area contributed by atoms with E-state index in [1.807, 2.05) is 0 Å². The molecule has 0 saturated carbocycles. The fraction of sp³-hybridized carbons (Fsp3) is 0.250. The van der Waals surface area contributed by atoms with Crippen LogP contribution in [0.4, 0.5) is 5.13 Å². The molecule has 0 unspecified atom stereocenters. The number of imidazole rings is 1. The molecule has 1 amide bonds. The maximum absolute atomic E-state index is 12.3. The smallest absolute Gasteiger partial charge is 0.315 e. The second-order valence-corrected chi connectivity index (χ2v) is 7.18. The molecule has 3 aromatic heterocycles. The second kappa shape index (κ2) is 5.74. The first-order chi connectivity index (χ1) is 10.9. The Morgan fingerprint density at radius 1 is 1.30 bits per heavy atom. The molecule has 120 valence electrons. The molecule has 0 aromatic carbocycles. The first-order valence-electron chi connectivity index (χ1n) is 6.40. The third-order valence-electron chi connectivity index (χ3n) is 3.25. The van der Waals surface area contributed by atoms with Gasteiger partial charge in [-0.1, -0.05) is 11.3 Å². The zero-order chi connectivity index (χ0) is 16.7. The number of nitrogens with zero attached hydrogens (tertiary/aromatic N) is 5. The van der Waals surface area contributed by atoms with Crippen molar-refractivity contribution in [2.45, 2.75) is 6.54 Å². The molecule has 0 radical (unpaired) electrons. The molecule has 9 nitrogen and oxygen atoms in total. The number of amides is 1. The van der Waals surface area contributed by atoms with Crippen LogP contribution in [0.2, 0.25) is 0 Å². The molecular weight excluding hydrogens is 388 g/mol. The molecule has 0 bridgehead atoms. The monoisotopic (exact) mass is 398 g/mol. The number of nitrogens with one attached hydrogen (secondary N) is 1. The van der Waals surface area contributed by atoms with Gasteiger partial charge in [-0.15, -0.1) is 0 Å². The van der Waals surface area contributed by atoms with Gasteiger partial charge in [0.2, 0.25) is 5.91 Å². The molecule has 23 heavy (non-hydrogen) atoms. The maximum Gasteiger partial charge on any atom is 0.332 e. The molecule has 0 spiro atoms. The maximum atomic E-state index is 12.3. The van der Waals surface area contributed by atoms with Crippen LogP contribution in [0.3, 0.4) is 0 Å². The molecule has 1 N–H and O–H groups in total. The Morgan fingerprint density at radius 3 is 2.70 bits per heavy atom. The summed E-state index contributed by atoms with van der Waals surface area (Å²) in [7, 11) is 2.91. The van der Waals surface area contributed by atoms with Crippen LogP contribution in [0.25, 0.3) is 11.2 Å². The number of hydrogen-bond acceptors (Lipinski definition) is 6. The molecule has 3 aromatic rings. The number of anilines is 1. The fourth-order valence-electron chi connectivity index (χ4n) is 2.14. The number of fused-ring (bicyclic) bond motifs is 1. The second-order valence-electron chi connectivity index (χ2n) is 4.77. The van der Waals surface area contributed by atoms with Crippen LogP contribution in [-0.2, 0) is 25.4 Å². The molecule has 11 heteroatoms. The van der Waals surface area contributed by atoms with Gasteiger partial charge in [-0.05, 0) is 15.9 Å². The largest absolute Gasteiger partial charge is 0.332 e. The van der Waals surface area contributed by atoms with E-state index < -0.39 is 11.2 Å². The predicted octanol–water partition coefficient (Wildman–Crippen LogP) is 0.291. The van der Waals surface area contributed by atoms with E-state index in [1.54, 1.807) is 6.20 Å². The third kappa shape index (κ3) is 2.72. The summed E-state index contributed by atoms with van der Waals surface area (Å²) in [6.45, 7) is -0.110. The van der Waals surface area contributed by atoms with E-state index in [-0.39, 0.29) is 23.6 Å². The highest BCUT2D eigenvalue weighted by Gasteiger charge is 2.16. The summed E-state index contributed by atoms with van der Waals surface area (Å²) in [6.07, 6.45) is 2.95. The number of aromatic nitrogens is 5. The van der Waals surface area contributed by atoms with Crippen molar-refractivity contribution in [3.63, 3.8) is 0 Å². The van der Waals surface area contributed by atoms with Gasteiger partial charge in [0.05, 0.1) is 16.3 Å². The quantitative estimate of drug-likeness (QED) is 0.682. The van der Waals surface area contributed by atoms with Crippen LogP contribution in [0.15, 0.2) is 25.9 Å². The molecule has 0 aliphatic heterocycles. The first-order valence-corrected chi connectivity index (χ1v) is 8.01. The highest BCUT2D eigenvalue weighted by Crippen LogP contribution is 2.23.